The topological polar surface area (TPSA) is 64.1 Å². The van der Waals surface area contributed by atoms with Crippen LogP contribution in [-0.4, -0.2) is 5.11 Å². The Balaban J connectivity index is 0.000000200. The van der Waals surface area contributed by atoms with E-state index < -0.39 is 0 Å². The minimum Gasteiger partial charge on any atom is -0.399 e. The van der Waals surface area contributed by atoms with Gasteiger partial charge in [0.1, 0.15) is 0 Å². The fourth-order valence-electron chi connectivity index (χ4n) is 1.22. The zero-order chi connectivity index (χ0) is 14.3. The van der Waals surface area contributed by atoms with E-state index in [1.807, 2.05) is 18.2 Å². The lowest BCUT2D eigenvalue weighted by atomic mass is 10.3. The molecular formula is C13H13Cl2N3S. The van der Waals surface area contributed by atoms with Crippen molar-refractivity contribution in [1.82, 2.24) is 0 Å². The number of hydrogen-bond donors (Lipinski definition) is 3. The van der Waals surface area contributed by atoms with E-state index in [1.165, 1.54) is 0 Å². The Kier molecular flexibility index (Phi) is 6.42. The second kappa shape index (κ2) is 7.84. The number of anilines is 2. The minimum absolute atomic E-state index is 0.243. The van der Waals surface area contributed by atoms with Crippen LogP contribution in [0.15, 0.2) is 48.5 Å². The van der Waals surface area contributed by atoms with Crippen molar-refractivity contribution in [3.05, 3.63) is 58.6 Å². The van der Waals surface area contributed by atoms with Gasteiger partial charge in [-0.2, -0.15) is 0 Å². The molecule has 5 N–H and O–H groups in total. The average molecular weight is 314 g/mol. The Morgan fingerprint density at radius 1 is 1.00 bits per heavy atom. The number of rotatable bonds is 1. The van der Waals surface area contributed by atoms with Crippen molar-refractivity contribution in [2.45, 2.75) is 0 Å². The quantitative estimate of drug-likeness (QED) is 0.551. The van der Waals surface area contributed by atoms with Gasteiger partial charge in [-0.05, 0) is 48.6 Å². The van der Waals surface area contributed by atoms with Gasteiger partial charge in [-0.25, -0.2) is 0 Å². The predicted octanol–water partition coefficient (Wildman–Crippen LogP) is 3.92. The molecule has 0 heterocycles. The summed E-state index contributed by atoms with van der Waals surface area (Å²) < 4.78 is 0. The first kappa shape index (κ1) is 15.6. The minimum atomic E-state index is 0.243. The van der Waals surface area contributed by atoms with Crippen LogP contribution in [0.3, 0.4) is 0 Å². The summed E-state index contributed by atoms with van der Waals surface area (Å²) in [6.45, 7) is 0. The summed E-state index contributed by atoms with van der Waals surface area (Å²) in [5.74, 6) is 0. The van der Waals surface area contributed by atoms with Crippen LogP contribution < -0.4 is 16.8 Å². The van der Waals surface area contributed by atoms with Crippen LogP contribution in [0.5, 0.6) is 0 Å². The van der Waals surface area contributed by atoms with Gasteiger partial charge in [-0.15, -0.1) is 0 Å². The third kappa shape index (κ3) is 6.86. The highest BCUT2D eigenvalue weighted by Gasteiger charge is 1.92. The van der Waals surface area contributed by atoms with Crippen LogP contribution in [0.25, 0.3) is 0 Å². The van der Waals surface area contributed by atoms with Crippen LogP contribution in [0.1, 0.15) is 0 Å². The normalized spacial score (nSPS) is 9.16. The summed E-state index contributed by atoms with van der Waals surface area (Å²) >= 11 is 15.9. The molecule has 0 radical (unpaired) electrons. The lowest BCUT2D eigenvalue weighted by Gasteiger charge is -2.02. The van der Waals surface area contributed by atoms with Gasteiger partial charge in [-0.1, -0.05) is 35.3 Å². The molecule has 0 fully saturated rings. The smallest absolute Gasteiger partial charge is 0.168 e. The molecule has 0 atom stereocenters. The number of hydrogen-bond acceptors (Lipinski definition) is 2. The number of halogens is 2. The maximum absolute atomic E-state index is 5.70. The van der Waals surface area contributed by atoms with Gasteiger partial charge < -0.3 is 16.8 Å². The highest BCUT2D eigenvalue weighted by atomic mass is 35.5. The van der Waals surface area contributed by atoms with Crippen LogP contribution >= 0.6 is 35.4 Å². The summed E-state index contributed by atoms with van der Waals surface area (Å²) in [7, 11) is 0. The van der Waals surface area contributed by atoms with Gasteiger partial charge in [0.25, 0.3) is 0 Å². The third-order valence-electron chi connectivity index (χ3n) is 1.94. The highest BCUT2D eigenvalue weighted by molar-refractivity contribution is 7.80. The van der Waals surface area contributed by atoms with E-state index in [0.717, 1.165) is 5.69 Å². The highest BCUT2D eigenvalue weighted by Crippen LogP contribution is 2.14. The zero-order valence-electron chi connectivity index (χ0n) is 9.94. The predicted molar refractivity (Wildman–Crippen MR) is 87.7 cm³/mol. The van der Waals surface area contributed by atoms with Gasteiger partial charge in [0.05, 0.1) is 0 Å². The number of thiocarbonyl (C=S) groups is 1. The maximum atomic E-state index is 5.70. The van der Waals surface area contributed by atoms with E-state index in [2.05, 4.69) is 17.5 Å². The van der Waals surface area contributed by atoms with Gasteiger partial charge in [0, 0.05) is 21.4 Å². The fourth-order valence-corrected chi connectivity index (χ4v) is 1.72. The van der Waals surface area contributed by atoms with Crippen LogP contribution in [0.4, 0.5) is 11.4 Å². The van der Waals surface area contributed by atoms with Crippen molar-refractivity contribution in [2.75, 3.05) is 11.1 Å². The van der Waals surface area contributed by atoms with Crippen molar-refractivity contribution < 1.29 is 0 Å². The van der Waals surface area contributed by atoms with Crippen molar-refractivity contribution in [3.8, 4) is 0 Å². The third-order valence-corrected chi connectivity index (χ3v) is 2.51. The van der Waals surface area contributed by atoms with Crippen molar-refractivity contribution in [3.63, 3.8) is 0 Å². The van der Waals surface area contributed by atoms with Crippen LogP contribution in [0, 0.1) is 0 Å². The van der Waals surface area contributed by atoms with Crippen LogP contribution in [-0.2, 0) is 0 Å². The van der Waals surface area contributed by atoms with E-state index >= 15 is 0 Å². The standard InChI is InChI=1S/C7H7ClN2S.C6H6ClN/c8-5-2-1-3-6(4-5)10-7(9)11;7-5-2-1-3-6(8)4-5/h1-4H,(H3,9,10,11);1-4H,8H2. The summed E-state index contributed by atoms with van der Waals surface area (Å²) in [4.78, 5) is 0. The molecule has 0 bridgehead atoms. The van der Waals surface area contributed by atoms with Gasteiger partial charge >= 0.3 is 0 Å². The average Bonchev–Trinajstić information content (AvgIpc) is 2.28. The Hall–Kier alpha value is -1.49. The Bertz CT molecular complexity index is 544. The number of nitrogens with one attached hydrogen (secondary N) is 1. The van der Waals surface area contributed by atoms with E-state index in [9.17, 15) is 0 Å². The molecule has 0 aliphatic heterocycles. The lowest BCUT2D eigenvalue weighted by molar-refractivity contribution is 1.61. The van der Waals surface area contributed by atoms with Crippen LogP contribution in [0.2, 0.25) is 10.0 Å². The van der Waals surface area contributed by atoms with Gasteiger partial charge in [0.15, 0.2) is 5.11 Å². The van der Waals surface area contributed by atoms with Crippen molar-refractivity contribution in [1.29, 1.82) is 0 Å². The second-order valence-electron chi connectivity index (χ2n) is 3.55. The van der Waals surface area contributed by atoms with E-state index in [4.69, 9.17) is 34.7 Å². The number of nitrogens with two attached hydrogens (primary N) is 2. The van der Waals surface area contributed by atoms with Crippen molar-refractivity contribution in [2.24, 2.45) is 5.73 Å². The lowest BCUT2D eigenvalue weighted by Crippen LogP contribution is -2.18. The second-order valence-corrected chi connectivity index (χ2v) is 4.87. The number of nitrogen functional groups attached to an aromatic ring is 1. The Morgan fingerprint density at radius 2 is 1.58 bits per heavy atom. The Morgan fingerprint density at radius 3 is 2.00 bits per heavy atom. The summed E-state index contributed by atoms with van der Waals surface area (Å²) in [5.41, 5.74) is 12.1. The van der Waals surface area contributed by atoms with Gasteiger partial charge in [-0.3, -0.25) is 0 Å². The molecule has 0 aliphatic carbocycles. The number of benzene rings is 2. The molecule has 2 rings (SSSR count). The summed E-state index contributed by atoms with van der Waals surface area (Å²) in [6, 6.07) is 14.3. The monoisotopic (exact) mass is 313 g/mol. The van der Waals surface area contributed by atoms with Gasteiger partial charge in [0.2, 0.25) is 0 Å². The molecule has 0 aromatic heterocycles. The zero-order valence-corrected chi connectivity index (χ0v) is 12.3. The first-order valence-corrected chi connectivity index (χ1v) is 6.47. The fraction of sp³-hybridized carbons (Fsp3) is 0. The summed E-state index contributed by atoms with van der Waals surface area (Å²) in [5, 5.41) is 4.36. The molecule has 0 saturated heterocycles. The molecule has 0 aliphatic rings. The van der Waals surface area contributed by atoms with E-state index in [1.54, 1.807) is 30.3 Å². The van der Waals surface area contributed by atoms with E-state index in [-0.39, 0.29) is 5.11 Å². The summed E-state index contributed by atoms with van der Waals surface area (Å²) in [6.07, 6.45) is 0. The Labute approximate surface area is 127 Å². The largest absolute Gasteiger partial charge is 0.399 e. The first-order valence-electron chi connectivity index (χ1n) is 5.30. The molecule has 0 spiro atoms. The molecule has 19 heavy (non-hydrogen) atoms. The molecule has 2 aromatic rings. The molecule has 3 nitrogen and oxygen atoms in total. The molecule has 0 amide bonds. The molecule has 2 aromatic carbocycles. The van der Waals surface area contributed by atoms with Crippen molar-refractivity contribution >= 4 is 51.9 Å². The first-order chi connectivity index (χ1) is 8.97. The maximum Gasteiger partial charge on any atom is 0.168 e. The molecule has 0 unspecified atom stereocenters. The molecule has 6 heteroatoms. The molecular weight excluding hydrogens is 301 g/mol. The van der Waals surface area contributed by atoms with E-state index in [0.29, 0.717) is 15.7 Å². The molecule has 100 valence electrons. The SMILES string of the molecule is NC(=S)Nc1cccc(Cl)c1.Nc1cccc(Cl)c1. The molecule has 0 saturated carbocycles.